The molecule has 1 aliphatic heterocycles. The zero-order chi connectivity index (χ0) is 12.5. The lowest BCUT2D eigenvalue weighted by atomic mass is 10.2. The number of alkyl halides is 3. The summed E-state index contributed by atoms with van der Waals surface area (Å²) in [4.78, 5) is 0. The highest BCUT2D eigenvalue weighted by Crippen LogP contribution is 2.35. The standard InChI is InChI=1S/C11H11ClF3NO/c12-9-2-1-7(11(13,14)15)5-10(9)17-8-3-4-16-6-8/h1-2,5,8,16H,3-4,6H2. The summed E-state index contributed by atoms with van der Waals surface area (Å²) in [6, 6.07) is 3.10. The Hall–Kier alpha value is -0.940. The van der Waals surface area contributed by atoms with E-state index in [9.17, 15) is 13.2 Å². The average Bonchev–Trinajstić information content (AvgIpc) is 2.72. The van der Waals surface area contributed by atoms with Crippen molar-refractivity contribution >= 4 is 11.6 Å². The van der Waals surface area contributed by atoms with Crippen molar-refractivity contribution in [1.82, 2.24) is 5.32 Å². The summed E-state index contributed by atoms with van der Waals surface area (Å²) in [5, 5.41) is 3.27. The minimum absolute atomic E-state index is 0.0928. The van der Waals surface area contributed by atoms with Crippen LogP contribution in [0.4, 0.5) is 13.2 Å². The van der Waals surface area contributed by atoms with Gasteiger partial charge in [-0.15, -0.1) is 0 Å². The summed E-state index contributed by atoms with van der Waals surface area (Å²) in [5.74, 6) is 0.0928. The van der Waals surface area contributed by atoms with Gasteiger partial charge in [0.2, 0.25) is 0 Å². The smallest absolute Gasteiger partial charge is 0.416 e. The molecule has 1 fully saturated rings. The second-order valence-corrected chi connectivity index (χ2v) is 4.28. The lowest BCUT2D eigenvalue weighted by Gasteiger charge is -2.15. The number of nitrogens with one attached hydrogen (secondary N) is 1. The maximum absolute atomic E-state index is 12.5. The quantitative estimate of drug-likeness (QED) is 0.887. The van der Waals surface area contributed by atoms with Gasteiger partial charge < -0.3 is 10.1 Å². The first kappa shape index (κ1) is 12.5. The van der Waals surface area contributed by atoms with Crippen molar-refractivity contribution in [1.29, 1.82) is 0 Å². The predicted octanol–water partition coefficient (Wildman–Crippen LogP) is 3.10. The lowest BCUT2D eigenvalue weighted by Crippen LogP contribution is -2.20. The Bertz CT molecular complexity index is 402. The molecule has 1 aromatic carbocycles. The van der Waals surface area contributed by atoms with E-state index in [1.807, 2.05) is 0 Å². The van der Waals surface area contributed by atoms with Crippen molar-refractivity contribution in [3.63, 3.8) is 0 Å². The van der Waals surface area contributed by atoms with Crippen molar-refractivity contribution in [2.24, 2.45) is 0 Å². The van der Waals surface area contributed by atoms with Gasteiger partial charge in [-0.1, -0.05) is 11.6 Å². The van der Waals surface area contributed by atoms with E-state index in [-0.39, 0.29) is 16.9 Å². The highest BCUT2D eigenvalue weighted by atomic mass is 35.5. The number of hydrogen-bond acceptors (Lipinski definition) is 2. The SMILES string of the molecule is FC(F)(F)c1ccc(Cl)c(OC2CCNC2)c1. The molecular formula is C11H11ClF3NO. The number of hydrogen-bond donors (Lipinski definition) is 1. The van der Waals surface area contributed by atoms with Gasteiger partial charge in [-0.3, -0.25) is 0 Å². The highest BCUT2D eigenvalue weighted by molar-refractivity contribution is 6.32. The summed E-state index contributed by atoms with van der Waals surface area (Å²) >= 11 is 5.81. The molecule has 1 unspecified atom stereocenters. The van der Waals surface area contributed by atoms with Gasteiger partial charge in [-0.05, 0) is 31.2 Å². The van der Waals surface area contributed by atoms with Crippen LogP contribution in [0.5, 0.6) is 5.75 Å². The molecule has 0 amide bonds. The molecule has 0 aliphatic carbocycles. The Morgan fingerprint density at radius 3 is 2.71 bits per heavy atom. The van der Waals surface area contributed by atoms with Gasteiger partial charge in [-0.25, -0.2) is 0 Å². The molecule has 0 bridgehead atoms. The molecule has 1 saturated heterocycles. The first-order chi connectivity index (χ1) is 7.97. The van der Waals surface area contributed by atoms with Crippen LogP contribution in [0.1, 0.15) is 12.0 Å². The van der Waals surface area contributed by atoms with E-state index in [2.05, 4.69) is 5.32 Å². The van der Waals surface area contributed by atoms with Gasteiger partial charge in [0.1, 0.15) is 11.9 Å². The molecule has 1 N–H and O–H groups in total. The van der Waals surface area contributed by atoms with E-state index in [0.717, 1.165) is 25.1 Å². The minimum atomic E-state index is -4.38. The molecule has 2 rings (SSSR count). The van der Waals surface area contributed by atoms with Crippen LogP contribution in [0.25, 0.3) is 0 Å². The molecule has 1 atom stereocenters. The van der Waals surface area contributed by atoms with Crippen molar-refractivity contribution in [3.8, 4) is 5.75 Å². The summed E-state index contributed by atoms with van der Waals surface area (Å²) in [6.45, 7) is 1.44. The van der Waals surface area contributed by atoms with Gasteiger partial charge >= 0.3 is 6.18 Å². The van der Waals surface area contributed by atoms with Crippen LogP contribution >= 0.6 is 11.6 Å². The molecule has 94 valence electrons. The Morgan fingerprint density at radius 1 is 1.35 bits per heavy atom. The molecular weight excluding hydrogens is 255 g/mol. The van der Waals surface area contributed by atoms with E-state index in [4.69, 9.17) is 16.3 Å². The summed E-state index contributed by atoms with van der Waals surface area (Å²) < 4.78 is 43.0. The van der Waals surface area contributed by atoms with Crippen LogP contribution in [0.2, 0.25) is 5.02 Å². The zero-order valence-electron chi connectivity index (χ0n) is 8.85. The van der Waals surface area contributed by atoms with Crippen LogP contribution in [-0.2, 0) is 6.18 Å². The molecule has 17 heavy (non-hydrogen) atoms. The van der Waals surface area contributed by atoms with Crippen LogP contribution in [0, 0.1) is 0 Å². The summed E-state index contributed by atoms with van der Waals surface area (Å²) in [7, 11) is 0. The molecule has 1 aliphatic rings. The van der Waals surface area contributed by atoms with Gasteiger partial charge in [0.15, 0.2) is 0 Å². The first-order valence-corrected chi connectivity index (χ1v) is 5.59. The van der Waals surface area contributed by atoms with E-state index < -0.39 is 11.7 Å². The van der Waals surface area contributed by atoms with Crippen LogP contribution in [-0.4, -0.2) is 19.2 Å². The normalized spacial score (nSPS) is 20.6. The third-order valence-corrected chi connectivity index (χ3v) is 2.88. The molecule has 6 heteroatoms. The van der Waals surface area contributed by atoms with E-state index in [1.165, 1.54) is 6.07 Å². The van der Waals surface area contributed by atoms with E-state index >= 15 is 0 Å². The maximum Gasteiger partial charge on any atom is 0.416 e. The Balaban J connectivity index is 2.20. The fourth-order valence-electron chi connectivity index (χ4n) is 1.68. The fourth-order valence-corrected chi connectivity index (χ4v) is 1.84. The van der Waals surface area contributed by atoms with Crippen molar-refractivity contribution in [2.45, 2.75) is 18.7 Å². The average molecular weight is 266 g/mol. The minimum Gasteiger partial charge on any atom is -0.487 e. The number of halogens is 4. The third-order valence-electron chi connectivity index (χ3n) is 2.57. The molecule has 0 radical (unpaired) electrons. The Kier molecular flexibility index (Phi) is 3.49. The summed E-state index contributed by atoms with van der Waals surface area (Å²) in [5.41, 5.74) is -0.747. The maximum atomic E-state index is 12.5. The highest BCUT2D eigenvalue weighted by Gasteiger charge is 2.31. The third kappa shape index (κ3) is 3.04. The van der Waals surface area contributed by atoms with Crippen molar-refractivity contribution in [3.05, 3.63) is 28.8 Å². The van der Waals surface area contributed by atoms with Gasteiger partial charge in [0, 0.05) is 6.54 Å². The molecule has 1 heterocycles. The fraction of sp³-hybridized carbons (Fsp3) is 0.455. The number of ether oxygens (including phenoxy) is 1. The molecule has 0 aromatic heterocycles. The number of rotatable bonds is 2. The Morgan fingerprint density at radius 2 is 2.12 bits per heavy atom. The van der Waals surface area contributed by atoms with Crippen LogP contribution in [0.3, 0.4) is 0 Å². The van der Waals surface area contributed by atoms with E-state index in [1.54, 1.807) is 0 Å². The van der Waals surface area contributed by atoms with Gasteiger partial charge in [0.05, 0.1) is 10.6 Å². The van der Waals surface area contributed by atoms with Crippen LogP contribution in [0.15, 0.2) is 18.2 Å². The van der Waals surface area contributed by atoms with Crippen LogP contribution < -0.4 is 10.1 Å². The van der Waals surface area contributed by atoms with Crippen molar-refractivity contribution < 1.29 is 17.9 Å². The molecule has 1 aromatic rings. The largest absolute Gasteiger partial charge is 0.487 e. The molecule has 0 saturated carbocycles. The lowest BCUT2D eigenvalue weighted by molar-refractivity contribution is -0.137. The second kappa shape index (κ2) is 4.74. The van der Waals surface area contributed by atoms with E-state index in [0.29, 0.717) is 6.54 Å². The second-order valence-electron chi connectivity index (χ2n) is 3.88. The van der Waals surface area contributed by atoms with Gasteiger partial charge in [-0.2, -0.15) is 13.2 Å². The molecule has 2 nitrogen and oxygen atoms in total. The Labute approximate surface area is 102 Å². The molecule has 0 spiro atoms. The monoisotopic (exact) mass is 265 g/mol. The summed E-state index contributed by atoms with van der Waals surface area (Å²) in [6.07, 6.45) is -3.72. The first-order valence-electron chi connectivity index (χ1n) is 5.21. The number of benzene rings is 1. The topological polar surface area (TPSA) is 21.3 Å². The predicted molar refractivity (Wildman–Crippen MR) is 58.4 cm³/mol. The van der Waals surface area contributed by atoms with Gasteiger partial charge in [0.25, 0.3) is 0 Å². The van der Waals surface area contributed by atoms with Crippen molar-refractivity contribution in [2.75, 3.05) is 13.1 Å². The zero-order valence-corrected chi connectivity index (χ0v) is 9.61.